The highest BCUT2D eigenvalue weighted by Gasteiger charge is 2.35. The van der Waals surface area contributed by atoms with Crippen LogP contribution in [-0.4, -0.2) is 0 Å². The number of hydrogen-bond donors (Lipinski definition) is 0. The number of rotatable bonds is 7. The first-order valence-corrected chi connectivity index (χ1v) is 10.9. The summed E-state index contributed by atoms with van der Waals surface area (Å²) in [7, 11) is 0. The minimum atomic E-state index is -0.348. The van der Waals surface area contributed by atoms with Crippen LogP contribution in [0.2, 0.25) is 0 Å². The van der Waals surface area contributed by atoms with Crippen molar-refractivity contribution in [2.75, 3.05) is 0 Å². The van der Waals surface area contributed by atoms with Crippen molar-refractivity contribution in [3.05, 3.63) is 35.1 Å². The Balaban J connectivity index is 1.48. The summed E-state index contributed by atoms with van der Waals surface area (Å²) in [4.78, 5) is 0. The minimum absolute atomic E-state index is 0.168. The van der Waals surface area contributed by atoms with Crippen molar-refractivity contribution < 1.29 is 4.39 Å². The van der Waals surface area contributed by atoms with Crippen molar-refractivity contribution in [1.82, 2.24) is 0 Å². The van der Waals surface area contributed by atoms with Gasteiger partial charge < -0.3 is 0 Å². The van der Waals surface area contributed by atoms with Crippen molar-refractivity contribution in [3.63, 3.8) is 0 Å². The molecule has 0 saturated heterocycles. The molecule has 26 heavy (non-hydrogen) atoms. The van der Waals surface area contributed by atoms with Crippen LogP contribution in [0.3, 0.4) is 0 Å². The van der Waals surface area contributed by atoms with E-state index in [2.05, 4.69) is 6.92 Å². The molecule has 3 rings (SSSR count). The van der Waals surface area contributed by atoms with Crippen LogP contribution >= 0.6 is 0 Å². The molecule has 1 aromatic rings. The van der Waals surface area contributed by atoms with Crippen LogP contribution in [-0.2, 0) is 0 Å². The van der Waals surface area contributed by atoms with Crippen LogP contribution < -0.4 is 0 Å². The lowest BCUT2D eigenvalue weighted by atomic mass is 9.63. The van der Waals surface area contributed by atoms with Crippen molar-refractivity contribution in [2.24, 2.45) is 17.8 Å². The van der Waals surface area contributed by atoms with Gasteiger partial charge in [0.15, 0.2) is 0 Å². The van der Waals surface area contributed by atoms with Crippen molar-refractivity contribution in [1.29, 1.82) is 5.26 Å². The van der Waals surface area contributed by atoms with Crippen LogP contribution in [0.25, 0.3) is 0 Å². The molecule has 2 heteroatoms. The van der Waals surface area contributed by atoms with Gasteiger partial charge in [-0.25, -0.2) is 4.39 Å². The predicted octanol–water partition coefficient (Wildman–Crippen LogP) is 7.36. The second kappa shape index (κ2) is 9.54. The molecule has 0 heterocycles. The molecule has 0 bridgehead atoms. The first kappa shape index (κ1) is 19.4. The molecule has 1 aromatic carbocycles. The van der Waals surface area contributed by atoms with E-state index < -0.39 is 0 Å². The number of hydrogen-bond acceptors (Lipinski definition) is 1. The lowest BCUT2D eigenvalue weighted by Crippen LogP contribution is -2.30. The second-order valence-electron chi connectivity index (χ2n) is 8.76. The van der Waals surface area contributed by atoms with Gasteiger partial charge in [0.25, 0.3) is 0 Å². The molecular weight excluding hydrogens is 321 g/mol. The predicted molar refractivity (Wildman–Crippen MR) is 105 cm³/mol. The molecule has 2 fully saturated rings. The molecule has 2 aliphatic carbocycles. The summed E-state index contributed by atoms with van der Waals surface area (Å²) >= 11 is 0. The second-order valence-corrected chi connectivity index (χ2v) is 8.76. The third-order valence-electron chi connectivity index (χ3n) is 7.02. The maximum atomic E-state index is 14.0. The number of unbranched alkanes of at least 4 members (excludes halogenated alkanes) is 4. The molecule has 2 aliphatic rings. The average Bonchev–Trinajstić information content (AvgIpc) is 2.67. The van der Waals surface area contributed by atoms with Crippen molar-refractivity contribution >= 4 is 0 Å². The van der Waals surface area contributed by atoms with Gasteiger partial charge >= 0.3 is 0 Å². The molecule has 142 valence electrons. The first-order chi connectivity index (χ1) is 12.7. The van der Waals surface area contributed by atoms with Gasteiger partial charge in [-0.2, -0.15) is 5.26 Å². The number of benzene rings is 1. The Labute approximate surface area is 159 Å². The molecule has 0 N–H and O–H groups in total. The average molecular weight is 356 g/mol. The molecule has 0 amide bonds. The highest BCUT2D eigenvalue weighted by Crippen LogP contribution is 2.48. The van der Waals surface area contributed by atoms with Crippen molar-refractivity contribution in [2.45, 2.75) is 89.9 Å². The van der Waals surface area contributed by atoms with Crippen LogP contribution in [0.1, 0.15) is 101 Å². The van der Waals surface area contributed by atoms with Gasteiger partial charge in [0.05, 0.1) is 5.56 Å². The maximum Gasteiger partial charge on any atom is 0.141 e. The molecule has 0 spiro atoms. The van der Waals surface area contributed by atoms with E-state index in [-0.39, 0.29) is 11.4 Å². The highest BCUT2D eigenvalue weighted by molar-refractivity contribution is 5.35. The smallest absolute Gasteiger partial charge is 0.141 e. The van der Waals surface area contributed by atoms with E-state index in [9.17, 15) is 4.39 Å². The maximum absolute atomic E-state index is 14.0. The summed E-state index contributed by atoms with van der Waals surface area (Å²) in [5, 5.41) is 8.91. The molecule has 4 unspecified atom stereocenters. The van der Waals surface area contributed by atoms with Crippen LogP contribution in [0, 0.1) is 34.9 Å². The summed E-state index contributed by atoms with van der Waals surface area (Å²) in [5.74, 6) is 2.84. The fraction of sp³-hybridized carbons (Fsp3) is 0.708. The summed E-state index contributed by atoms with van der Waals surface area (Å²) in [5.41, 5.74) is 1.28. The monoisotopic (exact) mass is 355 g/mol. The zero-order chi connectivity index (χ0) is 18.4. The largest absolute Gasteiger partial charge is 0.206 e. The Morgan fingerprint density at radius 3 is 2.54 bits per heavy atom. The van der Waals surface area contributed by atoms with E-state index in [0.29, 0.717) is 5.92 Å². The molecule has 2 saturated carbocycles. The minimum Gasteiger partial charge on any atom is -0.206 e. The molecule has 0 aliphatic heterocycles. The van der Waals surface area contributed by atoms with E-state index in [1.54, 1.807) is 12.1 Å². The zero-order valence-corrected chi connectivity index (χ0v) is 16.4. The summed E-state index contributed by atoms with van der Waals surface area (Å²) in [6.07, 6.45) is 16.4. The Morgan fingerprint density at radius 2 is 1.77 bits per heavy atom. The Hall–Kier alpha value is -1.36. The van der Waals surface area contributed by atoms with E-state index in [1.807, 2.05) is 12.1 Å². The molecular formula is C24H34FN. The van der Waals surface area contributed by atoms with E-state index in [0.717, 1.165) is 23.3 Å². The molecule has 4 atom stereocenters. The zero-order valence-electron chi connectivity index (χ0n) is 16.4. The lowest BCUT2D eigenvalue weighted by Gasteiger charge is -2.42. The highest BCUT2D eigenvalue weighted by atomic mass is 19.1. The first-order valence-electron chi connectivity index (χ1n) is 10.9. The Kier molecular flexibility index (Phi) is 7.12. The number of halogens is 1. The topological polar surface area (TPSA) is 23.8 Å². The SMILES string of the molecule is CCCCCCCC1CCC2CC(c3ccc(C#N)c(F)c3)CCC2C1. The third kappa shape index (κ3) is 4.87. The van der Waals surface area contributed by atoms with E-state index >= 15 is 0 Å². The summed E-state index contributed by atoms with van der Waals surface area (Å²) in [6.45, 7) is 2.28. The van der Waals surface area contributed by atoms with Crippen LogP contribution in [0.15, 0.2) is 18.2 Å². The Morgan fingerprint density at radius 1 is 1.00 bits per heavy atom. The normalized spacial score (nSPS) is 28.3. The van der Waals surface area contributed by atoms with E-state index in [4.69, 9.17) is 5.26 Å². The van der Waals surface area contributed by atoms with Gasteiger partial charge in [-0.15, -0.1) is 0 Å². The quantitative estimate of drug-likeness (QED) is 0.469. The summed E-state index contributed by atoms with van der Waals surface area (Å²) < 4.78 is 14.0. The molecule has 1 nitrogen and oxygen atoms in total. The fourth-order valence-corrected chi connectivity index (χ4v) is 5.46. The lowest BCUT2D eigenvalue weighted by molar-refractivity contribution is 0.113. The van der Waals surface area contributed by atoms with Gasteiger partial charge in [0, 0.05) is 0 Å². The standard InChI is InChI=1S/C24H34FN/c1-2-3-4-5-6-7-18-8-9-20-15-21(11-10-19(20)14-18)22-12-13-23(17-26)24(25)16-22/h12-13,16,18-21H,2-11,14-15H2,1H3. The van der Waals surface area contributed by atoms with Crippen molar-refractivity contribution in [3.8, 4) is 6.07 Å². The van der Waals surface area contributed by atoms with Gasteiger partial charge in [-0.05, 0) is 73.5 Å². The molecule has 0 radical (unpaired) electrons. The number of fused-ring (bicyclic) bond motifs is 1. The van der Waals surface area contributed by atoms with Crippen LogP contribution in [0.4, 0.5) is 4.39 Å². The van der Waals surface area contributed by atoms with Gasteiger partial charge in [0.1, 0.15) is 11.9 Å². The molecule has 0 aromatic heterocycles. The number of nitriles is 1. The number of nitrogens with zero attached hydrogens (tertiary/aromatic N) is 1. The van der Waals surface area contributed by atoms with E-state index in [1.165, 1.54) is 77.0 Å². The Bertz CT molecular complexity index is 617. The fourth-order valence-electron chi connectivity index (χ4n) is 5.46. The van der Waals surface area contributed by atoms with Gasteiger partial charge in [-0.1, -0.05) is 57.9 Å². The summed E-state index contributed by atoms with van der Waals surface area (Å²) in [6, 6.07) is 7.18. The van der Waals surface area contributed by atoms with Gasteiger partial charge in [-0.3, -0.25) is 0 Å². The van der Waals surface area contributed by atoms with Gasteiger partial charge in [0.2, 0.25) is 0 Å². The third-order valence-corrected chi connectivity index (χ3v) is 7.02. The van der Waals surface area contributed by atoms with Crippen LogP contribution in [0.5, 0.6) is 0 Å².